The average molecular weight is 459 g/mol. The molecule has 0 aromatic carbocycles. The van der Waals surface area contributed by atoms with Crippen molar-refractivity contribution in [1.82, 2.24) is 0 Å². The van der Waals surface area contributed by atoms with Gasteiger partial charge in [0.1, 0.15) is 6.10 Å². The molecule has 1 spiro atoms. The van der Waals surface area contributed by atoms with Crippen LogP contribution in [0.1, 0.15) is 98.8 Å². The topological polar surface area (TPSA) is 44.8 Å². The Morgan fingerprint density at radius 3 is 2.42 bits per heavy atom. The fraction of sp³-hybridized carbons (Fsp3) is 0.966. The van der Waals surface area contributed by atoms with Crippen molar-refractivity contribution in [3.05, 3.63) is 0 Å². The molecular weight excluding hydrogens is 412 g/mol. The van der Waals surface area contributed by atoms with Crippen LogP contribution in [0, 0.1) is 52.3 Å². The van der Waals surface area contributed by atoms with E-state index in [1.807, 2.05) is 0 Å². The van der Waals surface area contributed by atoms with E-state index in [-0.39, 0.29) is 17.9 Å². The molecule has 186 valence electrons. The third kappa shape index (κ3) is 3.25. The van der Waals surface area contributed by atoms with Crippen molar-refractivity contribution in [1.29, 1.82) is 0 Å². The Morgan fingerprint density at radius 2 is 1.70 bits per heavy atom. The zero-order valence-electron chi connectivity index (χ0n) is 21.6. The third-order valence-corrected chi connectivity index (χ3v) is 12.2. The van der Waals surface area contributed by atoms with Crippen LogP contribution in [-0.4, -0.2) is 30.6 Å². The molecule has 2 aliphatic heterocycles. The Labute approximate surface area is 200 Å². The molecule has 12 atom stereocenters. The summed E-state index contributed by atoms with van der Waals surface area (Å²) >= 11 is 0. The van der Waals surface area contributed by atoms with Crippen LogP contribution < -0.4 is 0 Å². The zero-order chi connectivity index (χ0) is 23.2. The van der Waals surface area contributed by atoms with E-state index in [0.717, 1.165) is 49.5 Å². The summed E-state index contributed by atoms with van der Waals surface area (Å²) < 4.78 is 19.1. The van der Waals surface area contributed by atoms with Crippen LogP contribution in [0.2, 0.25) is 0 Å². The minimum absolute atomic E-state index is 0.105. The van der Waals surface area contributed by atoms with E-state index in [9.17, 15) is 4.79 Å². The number of rotatable bonds is 1. The van der Waals surface area contributed by atoms with Crippen LogP contribution in [0.4, 0.5) is 0 Å². The van der Waals surface area contributed by atoms with E-state index >= 15 is 0 Å². The van der Waals surface area contributed by atoms with E-state index in [0.29, 0.717) is 34.7 Å². The molecule has 0 amide bonds. The van der Waals surface area contributed by atoms with Crippen molar-refractivity contribution in [3.8, 4) is 0 Å². The normalized spacial score (nSPS) is 57.7. The lowest BCUT2D eigenvalue weighted by molar-refractivity contribution is -0.273. The SMILES string of the molecule is CC(=O)OC1CC[C@@]2(C)C3CC[C@@]4(C)C(CC5O[C@@]6(CCC(C)CO6)C(C)C54)C3CC[C@@H]2C1. The Kier molecular flexibility index (Phi) is 5.32. The number of ether oxygens (including phenoxy) is 3. The van der Waals surface area contributed by atoms with E-state index in [1.165, 1.54) is 44.9 Å². The first-order valence-corrected chi connectivity index (χ1v) is 14.2. The van der Waals surface area contributed by atoms with Crippen molar-refractivity contribution in [3.63, 3.8) is 0 Å². The maximum Gasteiger partial charge on any atom is 0.302 e. The largest absolute Gasteiger partial charge is 0.463 e. The smallest absolute Gasteiger partial charge is 0.302 e. The Balaban J connectivity index is 1.21. The van der Waals surface area contributed by atoms with Gasteiger partial charge in [-0.25, -0.2) is 0 Å². The van der Waals surface area contributed by atoms with E-state index < -0.39 is 0 Å². The summed E-state index contributed by atoms with van der Waals surface area (Å²) in [7, 11) is 0. The lowest BCUT2D eigenvalue weighted by Crippen LogP contribution is -2.55. The standard InChI is InChI=1S/C29H46O4/c1-17-8-13-29(31-16-17)18(2)26-25(33-29)15-24-22-7-6-20-14-21(32-19(3)30)9-11-27(20,4)23(22)10-12-28(24,26)5/h17-18,20-26H,6-16H2,1-5H3/t17?,18?,20-,21?,22?,23?,24?,25?,26?,27-,28+,29+/m1/s1. The molecular formula is C29H46O4. The van der Waals surface area contributed by atoms with Gasteiger partial charge in [0.05, 0.1) is 12.7 Å². The predicted molar refractivity (Wildman–Crippen MR) is 127 cm³/mol. The molecule has 4 nitrogen and oxygen atoms in total. The van der Waals surface area contributed by atoms with Crippen molar-refractivity contribution in [2.45, 2.75) is 117 Å². The van der Waals surface area contributed by atoms with Crippen LogP contribution in [0.3, 0.4) is 0 Å². The van der Waals surface area contributed by atoms with Crippen LogP contribution in [-0.2, 0) is 19.0 Å². The number of carbonyl (C=O) groups is 1. The number of hydrogen-bond acceptors (Lipinski definition) is 4. The van der Waals surface area contributed by atoms with Gasteiger partial charge in [0.15, 0.2) is 5.79 Å². The monoisotopic (exact) mass is 458 g/mol. The molecule has 0 N–H and O–H groups in total. The van der Waals surface area contributed by atoms with Gasteiger partial charge in [-0.05, 0) is 104 Å². The van der Waals surface area contributed by atoms with Gasteiger partial charge in [0, 0.05) is 19.3 Å². The second-order valence-electron chi connectivity index (χ2n) is 13.7. The van der Waals surface area contributed by atoms with E-state index in [2.05, 4.69) is 27.7 Å². The molecule has 6 aliphatic rings. The van der Waals surface area contributed by atoms with Crippen LogP contribution >= 0.6 is 0 Å². The Hall–Kier alpha value is -0.610. The van der Waals surface area contributed by atoms with Crippen LogP contribution in [0.15, 0.2) is 0 Å². The highest BCUT2D eigenvalue weighted by molar-refractivity contribution is 5.66. The molecule has 0 aromatic rings. The fourth-order valence-corrected chi connectivity index (χ4v) is 10.6. The van der Waals surface area contributed by atoms with Gasteiger partial charge < -0.3 is 14.2 Å². The first kappa shape index (κ1) is 22.8. The average Bonchev–Trinajstić information content (AvgIpc) is 3.21. The third-order valence-electron chi connectivity index (χ3n) is 12.2. The first-order valence-electron chi connectivity index (χ1n) is 14.2. The van der Waals surface area contributed by atoms with Crippen molar-refractivity contribution < 1.29 is 19.0 Å². The zero-order valence-corrected chi connectivity index (χ0v) is 21.6. The molecule has 0 bridgehead atoms. The van der Waals surface area contributed by atoms with Gasteiger partial charge in [-0.1, -0.05) is 27.7 Å². The maximum absolute atomic E-state index is 11.5. The molecule has 4 saturated carbocycles. The molecule has 0 aromatic heterocycles. The molecule has 0 radical (unpaired) electrons. The van der Waals surface area contributed by atoms with E-state index in [4.69, 9.17) is 14.2 Å². The summed E-state index contributed by atoms with van der Waals surface area (Å²) in [5.74, 6) is 4.63. The highest BCUT2D eigenvalue weighted by Gasteiger charge is 2.69. The van der Waals surface area contributed by atoms with Gasteiger partial charge in [0.2, 0.25) is 0 Å². The van der Waals surface area contributed by atoms with E-state index in [1.54, 1.807) is 6.92 Å². The van der Waals surface area contributed by atoms with Gasteiger partial charge >= 0.3 is 5.97 Å². The minimum atomic E-state index is -0.300. The summed E-state index contributed by atoms with van der Waals surface area (Å²) in [5, 5.41) is 0. The number of carbonyl (C=O) groups excluding carboxylic acids is 1. The quantitative estimate of drug-likeness (QED) is 0.429. The second-order valence-corrected chi connectivity index (χ2v) is 13.7. The summed E-state index contributed by atoms with van der Waals surface area (Å²) in [5.41, 5.74) is 0.828. The second kappa shape index (κ2) is 7.69. The molecule has 8 unspecified atom stereocenters. The molecule has 33 heavy (non-hydrogen) atoms. The number of fused-ring (bicyclic) bond motifs is 7. The fourth-order valence-electron chi connectivity index (χ4n) is 10.6. The highest BCUT2D eigenvalue weighted by atomic mass is 16.7. The predicted octanol–water partition coefficient (Wildman–Crippen LogP) is 6.36. The molecule has 4 heteroatoms. The molecule has 2 heterocycles. The molecule has 6 rings (SSSR count). The van der Waals surface area contributed by atoms with Gasteiger partial charge in [0.25, 0.3) is 0 Å². The lowest BCUT2D eigenvalue weighted by atomic mass is 9.44. The van der Waals surface area contributed by atoms with Crippen molar-refractivity contribution in [2.24, 2.45) is 52.3 Å². The molecule has 4 aliphatic carbocycles. The van der Waals surface area contributed by atoms with Gasteiger partial charge in [-0.2, -0.15) is 0 Å². The van der Waals surface area contributed by atoms with Crippen molar-refractivity contribution >= 4 is 5.97 Å². The number of hydrogen-bond donors (Lipinski definition) is 0. The van der Waals surface area contributed by atoms with Gasteiger partial charge in [-0.3, -0.25) is 4.79 Å². The Bertz CT molecular complexity index is 786. The molecule has 2 saturated heterocycles. The highest BCUT2D eigenvalue weighted by Crippen LogP contribution is 2.71. The summed E-state index contributed by atoms with van der Waals surface area (Å²) in [6.07, 6.45) is 12.9. The Morgan fingerprint density at radius 1 is 0.909 bits per heavy atom. The summed E-state index contributed by atoms with van der Waals surface area (Å²) in [6.45, 7) is 12.4. The van der Waals surface area contributed by atoms with Gasteiger partial charge in [-0.15, -0.1) is 0 Å². The molecule has 6 fully saturated rings. The van der Waals surface area contributed by atoms with Crippen LogP contribution in [0.25, 0.3) is 0 Å². The lowest BCUT2D eigenvalue weighted by Gasteiger charge is -2.61. The minimum Gasteiger partial charge on any atom is -0.463 e. The number of esters is 1. The first-order chi connectivity index (χ1) is 15.7. The van der Waals surface area contributed by atoms with Crippen molar-refractivity contribution in [2.75, 3.05) is 6.61 Å². The maximum atomic E-state index is 11.5. The summed E-state index contributed by atoms with van der Waals surface area (Å²) in [4.78, 5) is 11.5. The van der Waals surface area contributed by atoms with Crippen LogP contribution in [0.5, 0.6) is 0 Å². The summed E-state index contributed by atoms with van der Waals surface area (Å²) in [6, 6.07) is 0.